The fraction of sp³-hybridized carbons (Fsp3) is 0.286. The second-order valence-electron chi connectivity index (χ2n) is 6.54. The summed E-state index contributed by atoms with van der Waals surface area (Å²) in [6.07, 6.45) is 0.878. The first-order valence-corrected chi connectivity index (χ1v) is 10.3. The molecule has 0 saturated heterocycles. The van der Waals surface area contributed by atoms with Crippen molar-refractivity contribution in [1.82, 2.24) is 4.57 Å². The van der Waals surface area contributed by atoms with E-state index in [4.69, 9.17) is 4.74 Å². The van der Waals surface area contributed by atoms with Crippen LogP contribution in [-0.2, 0) is 33.7 Å². The van der Waals surface area contributed by atoms with E-state index >= 15 is 0 Å². The van der Waals surface area contributed by atoms with E-state index in [1.807, 2.05) is 18.2 Å². The summed E-state index contributed by atoms with van der Waals surface area (Å²) in [5.74, 6) is -0.801. The molecular formula is C21H21N3O5S. The maximum atomic E-state index is 12.5. The summed E-state index contributed by atoms with van der Waals surface area (Å²) in [4.78, 5) is 39.5. The first-order chi connectivity index (χ1) is 14.4. The Morgan fingerprint density at radius 1 is 1.13 bits per heavy atom. The van der Waals surface area contributed by atoms with Crippen molar-refractivity contribution < 1.29 is 19.2 Å². The molecule has 1 amide bonds. The number of ether oxygens (including phenoxy) is 1. The van der Waals surface area contributed by atoms with E-state index in [0.717, 1.165) is 22.2 Å². The van der Waals surface area contributed by atoms with Crippen molar-refractivity contribution in [3.8, 4) is 0 Å². The number of esters is 1. The fourth-order valence-corrected chi connectivity index (χ4v) is 4.08. The van der Waals surface area contributed by atoms with Crippen LogP contribution in [0.15, 0.2) is 47.5 Å². The number of amides is 1. The predicted molar refractivity (Wildman–Crippen MR) is 113 cm³/mol. The number of nitrogens with zero attached hydrogens (tertiary/aromatic N) is 3. The molecule has 0 radical (unpaired) electrons. The van der Waals surface area contributed by atoms with Gasteiger partial charge in [-0.1, -0.05) is 36.5 Å². The Kier molecular flexibility index (Phi) is 6.73. The topological polar surface area (TPSA) is 104 Å². The van der Waals surface area contributed by atoms with Gasteiger partial charge >= 0.3 is 5.97 Å². The lowest BCUT2D eigenvalue weighted by molar-refractivity contribution is -0.384. The van der Waals surface area contributed by atoms with Crippen LogP contribution in [0, 0.1) is 10.1 Å². The van der Waals surface area contributed by atoms with Crippen LogP contribution in [0.1, 0.15) is 25.0 Å². The van der Waals surface area contributed by atoms with Crippen LogP contribution in [0.5, 0.6) is 0 Å². The number of rotatable bonds is 7. The van der Waals surface area contributed by atoms with Crippen molar-refractivity contribution in [2.24, 2.45) is 4.99 Å². The molecule has 0 saturated carbocycles. The average molecular weight is 427 g/mol. The van der Waals surface area contributed by atoms with Crippen LogP contribution in [0.3, 0.4) is 0 Å². The Balaban J connectivity index is 1.95. The second kappa shape index (κ2) is 9.45. The van der Waals surface area contributed by atoms with Crippen molar-refractivity contribution in [1.29, 1.82) is 0 Å². The molecule has 3 aromatic rings. The van der Waals surface area contributed by atoms with Gasteiger partial charge in [-0.15, -0.1) is 0 Å². The molecule has 9 heteroatoms. The van der Waals surface area contributed by atoms with Crippen molar-refractivity contribution >= 4 is 39.1 Å². The first kappa shape index (κ1) is 21.4. The highest BCUT2D eigenvalue weighted by atomic mass is 32.1. The molecule has 8 nitrogen and oxygen atoms in total. The van der Waals surface area contributed by atoms with E-state index in [1.54, 1.807) is 11.5 Å². The summed E-state index contributed by atoms with van der Waals surface area (Å²) in [5.41, 5.74) is 2.55. The summed E-state index contributed by atoms with van der Waals surface area (Å²) in [5, 5.41) is 10.8. The Hall–Kier alpha value is -3.33. The Morgan fingerprint density at radius 3 is 2.47 bits per heavy atom. The van der Waals surface area contributed by atoms with Crippen molar-refractivity contribution in [2.75, 3.05) is 6.61 Å². The monoisotopic (exact) mass is 427 g/mol. The highest BCUT2D eigenvalue weighted by Gasteiger charge is 2.13. The van der Waals surface area contributed by atoms with Crippen molar-refractivity contribution in [2.45, 2.75) is 33.2 Å². The largest absolute Gasteiger partial charge is 0.465 e. The van der Waals surface area contributed by atoms with Gasteiger partial charge in [-0.25, -0.2) is 0 Å². The van der Waals surface area contributed by atoms with E-state index in [2.05, 4.69) is 11.9 Å². The number of thiazole rings is 1. The van der Waals surface area contributed by atoms with E-state index in [0.29, 0.717) is 10.4 Å². The van der Waals surface area contributed by atoms with E-state index in [9.17, 15) is 19.7 Å². The molecule has 1 heterocycles. The zero-order valence-electron chi connectivity index (χ0n) is 16.7. The molecule has 1 aromatic heterocycles. The van der Waals surface area contributed by atoms with Gasteiger partial charge in [0.1, 0.15) is 6.54 Å². The third kappa shape index (κ3) is 4.98. The molecule has 0 spiro atoms. The highest BCUT2D eigenvalue weighted by Crippen LogP contribution is 2.20. The van der Waals surface area contributed by atoms with Gasteiger partial charge in [0, 0.05) is 12.1 Å². The smallest absolute Gasteiger partial charge is 0.326 e. The summed E-state index contributed by atoms with van der Waals surface area (Å²) in [6, 6.07) is 11.7. The number of fused-ring (bicyclic) bond motifs is 1. The molecule has 0 aliphatic rings. The number of benzene rings is 2. The number of carbonyl (C=O) groups is 2. The molecule has 156 valence electrons. The van der Waals surface area contributed by atoms with Gasteiger partial charge in [-0.2, -0.15) is 4.99 Å². The maximum Gasteiger partial charge on any atom is 0.326 e. The number of aryl methyl sites for hydroxylation is 1. The number of carbonyl (C=O) groups excluding carboxylic acids is 2. The molecule has 3 rings (SSSR count). The number of non-ortho nitro benzene ring substituents is 1. The van der Waals surface area contributed by atoms with Crippen LogP contribution < -0.4 is 4.80 Å². The summed E-state index contributed by atoms with van der Waals surface area (Å²) in [7, 11) is 0. The zero-order chi connectivity index (χ0) is 21.7. The standard InChI is InChI=1S/C21H21N3O5S/c1-3-14-7-10-17-18(11-14)30-21(23(17)13-20(26)29-4-2)22-19(25)12-15-5-8-16(9-6-15)24(27)28/h5-11H,3-4,12-13H2,1-2H3. The lowest BCUT2D eigenvalue weighted by Crippen LogP contribution is -2.23. The Morgan fingerprint density at radius 2 is 1.83 bits per heavy atom. The number of aromatic nitrogens is 1. The van der Waals surface area contributed by atoms with Crippen LogP contribution in [-0.4, -0.2) is 28.0 Å². The number of hydrogen-bond donors (Lipinski definition) is 0. The van der Waals surface area contributed by atoms with Gasteiger partial charge < -0.3 is 9.30 Å². The van der Waals surface area contributed by atoms with Crippen LogP contribution in [0.25, 0.3) is 10.2 Å². The number of hydrogen-bond acceptors (Lipinski definition) is 6. The normalized spacial score (nSPS) is 11.6. The molecule has 30 heavy (non-hydrogen) atoms. The van der Waals surface area contributed by atoms with Crippen molar-refractivity contribution in [3.63, 3.8) is 0 Å². The lowest BCUT2D eigenvalue weighted by Gasteiger charge is -2.05. The third-order valence-corrected chi connectivity index (χ3v) is 5.51. The highest BCUT2D eigenvalue weighted by molar-refractivity contribution is 7.16. The molecule has 0 bridgehead atoms. The van der Waals surface area contributed by atoms with Gasteiger partial charge in [0.2, 0.25) is 0 Å². The number of nitro groups is 1. The van der Waals surface area contributed by atoms with Crippen LogP contribution in [0.4, 0.5) is 5.69 Å². The molecule has 0 fully saturated rings. The zero-order valence-corrected chi connectivity index (χ0v) is 17.5. The summed E-state index contributed by atoms with van der Waals surface area (Å²) < 4.78 is 7.68. The quantitative estimate of drug-likeness (QED) is 0.326. The van der Waals surface area contributed by atoms with Crippen molar-refractivity contribution in [3.05, 3.63) is 68.5 Å². The van der Waals surface area contributed by atoms with Gasteiger partial charge in [0.05, 0.1) is 28.2 Å². The predicted octanol–water partition coefficient (Wildman–Crippen LogP) is 3.41. The van der Waals surface area contributed by atoms with Gasteiger partial charge in [-0.3, -0.25) is 19.7 Å². The second-order valence-corrected chi connectivity index (χ2v) is 7.55. The van der Waals surface area contributed by atoms with Gasteiger partial charge in [-0.05, 0) is 36.6 Å². The average Bonchev–Trinajstić information content (AvgIpc) is 3.04. The number of nitro benzene ring substituents is 1. The molecular weight excluding hydrogens is 406 g/mol. The summed E-state index contributed by atoms with van der Waals surface area (Å²) >= 11 is 1.34. The Bertz CT molecular complexity index is 1160. The molecule has 0 atom stereocenters. The molecule has 2 aromatic carbocycles. The molecule has 0 N–H and O–H groups in total. The van der Waals surface area contributed by atoms with Crippen LogP contribution in [0.2, 0.25) is 0 Å². The summed E-state index contributed by atoms with van der Waals surface area (Å²) in [6.45, 7) is 4.03. The minimum Gasteiger partial charge on any atom is -0.465 e. The van der Waals surface area contributed by atoms with E-state index in [1.165, 1.54) is 35.6 Å². The molecule has 0 aliphatic heterocycles. The fourth-order valence-electron chi connectivity index (χ4n) is 2.97. The molecule has 0 aliphatic carbocycles. The van der Waals surface area contributed by atoms with E-state index in [-0.39, 0.29) is 25.3 Å². The minimum atomic E-state index is -0.490. The lowest BCUT2D eigenvalue weighted by atomic mass is 10.1. The SMILES string of the molecule is CCOC(=O)Cn1c(=NC(=O)Cc2ccc([N+](=O)[O-])cc2)sc2cc(CC)ccc21. The van der Waals surface area contributed by atoms with Gasteiger partial charge in [0.25, 0.3) is 11.6 Å². The Labute approximate surface area is 176 Å². The first-order valence-electron chi connectivity index (χ1n) is 9.50. The van der Waals surface area contributed by atoms with E-state index < -0.39 is 16.8 Å². The minimum absolute atomic E-state index is 0.00581. The van der Waals surface area contributed by atoms with Gasteiger partial charge in [0.15, 0.2) is 4.80 Å². The molecule has 0 unspecified atom stereocenters. The van der Waals surface area contributed by atoms with Crippen LogP contribution >= 0.6 is 11.3 Å². The third-order valence-electron chi connectivity index (χ3n) is 4.47. The maximum absolute atomic E-state index is 12.5.